The summed E-state index contributed by atoms with van der Waals surface area (Å²) in [5.74, 6) is -1.03. The van der Waals surface area contributed by atoms with Gasteiger partial charge in [0.15, 0.2) is 0 Å². The smallest absolute Gasteiger partial charge is 0.310 e. The molecule has 107 valence electrons. The molecule has 0 aliphatic rings. The number of unbranched alkanes of at least 4 members (excludes halogenated alkanes) is 9. The molecule has 3 nitrogen and oxygen atoms in total. The van der Waals surface area contributed by atoms with Crippen molar-refractivity contribution in [2.75, 3.05) is 0 Å². The van der Waals surface area contributed by atoms with Gasteiger partial charge in [0.05, 0.1) is 12.5 Å². The summed E-state index contributed by atoms with van der Waals surface area (Å²) in [5, 5.41) is 17.7. The molecule has 0 heterocycles. The predicted octanol–water partition coefficient (Wildman–Crippen LogP) is 3.95. The van der Waals surface area contributed by atoms with Crippen LogP contribution in [0.2, 0.25) is 0 Å². The topological polar surface area (TPSA) is 57.5 Å². The van der Waals surface area contributed by atoms with Crippen LogP contribution < -0.4 is 0 Å². The molecule has 0 fully saturated rings. The Labute approximate surface area is 112 Å². The van der Waals surface area contributed by atoms with E-state index in [0.29, 0.717) is 6.42 Å². The lowest BCUT2D eigenvalue weighted by molar-refractivity contribution is -0.134. The molecule has 0 saturated heterocycles. The van der Waals surface area contributed by atoms with Crippen LogP contribution in [0.5, 0.6) is 0 Å². The Bertz CT molecular complexity index is 192. The largest absolute Gasteiger partial charge is 0.481 e. The summed E-state index contributed by atoms with van der Waals surface area (Å²) in [6, 6.07) is 0. The zero-order valence-electron chi connectivity index (χ0n) is 11.7. The first-order chi connectivity index (χ1) is 8.66. The van der Waals surface area contributed by atoms with E-state index < -0.39 is 12.1 Å². The monoisotopic (exact) mass is 257 g/mol. The third-order valence-electron chi connectivity index (χ3n) is 3.19. The summed E-state index contributed by atoms with van der Waals surface area (Å²) in [5.41, 5.74) is 0. The first-order valence-electron chi connectivity index (χ1n) is 7.42. The second kappa shape index (κ2) is 12.9. The highest BCUT2D eigenvalue weighted by atomic mass is 16.4. The fourth-order valence-electron chi connectivity index (χ4n) is 2.09. The fourth-order valence-corrected chi connectivity index (χ4v) is 2.09. The van der Waals surface area contributed by atoms with Crippen LogP contribution in [0.4, 0.5) is 0 Å². The van der Waals surface area contributed by atoms with Gasteiger partial charge in [-0.3, -0.25) is 4.79 Å². The standard InChI is InChI=1S/C15H29O3/c1-2-3-4-5-6-7-8-9-10-11-12-14(16)13-15(17)18/h13-14,16H,2-12H2,1H3,(H,17,18). The molecule has 0 saturated carbocycles. The summed E-state index contributed by atoms with van der Waals surface area (Å²) >= 11 is 0. The third-order valence-corrected chi connectivity index (χ3v) is 3.19. The number of hydrogen-bond donors (Lipinski definition) is 2. The lowest BCUT2D eigenvalue weighted by Crippen LogP contribution is -2.13. The van der Waals surface area contributed by atoms with E-state index in [9.17, 15) is 9.90 Å². The van der Waals surface area contributed by atoms with Crippen LogP contribution in [0, 0.1) is 6.42 Å². The van der Waals surface area contributed by atoms with E-state index in [1.807, 2.05) is 0 Å². The van der Waals surface area contributed by atoms with Crippen molar-refractivity contribution in [1.29, 1.82) is 0 Å². The van der Waals surface area contributed by atoms with Crippen molar-refractivity contribution in [3.05, 3.63) is 6.42 Å². The van der Waals surface area contributed by atoms with Gasteiger partial charge in [0.1, 0.15) is 0 Å². The van der Waals surface area contributed by atoms with Crippen LogP contribution in [-0.2, 0) is 4.79 Å². The van der Waals surface area contributed by atoms with E-state index in [2.05, 4.69) is 6.92 Å². The first kappa shape index (κ1) is 17.4. The van der Waals surface area contributed by atoms with E-state index in [4.69, 9.17) is 5.11 Å². The maximum atomic E-state index is 10.3. The van der Waals surface area contributed by atoms with E-state index in [-0.39, 0.29) is 0 Å². The molecule has 0 rings (SSSR count). The molecule has 2 N–H and O–H groups in total. The van der Waals surface area contributed by atoms with Crippen LogP contribution in [0.3, 0.4) is 0 Å². The van der Waals surface area contributed by atoms with E-state index >= 15 is 0 Å². The van der Waals surface area contributed by atoms with E-state index in [1.165, 1.54) is 51.4 Å². The summed E-state index contributed by atoms with van der Waals surface area (Å²) in [6.07, 6.45) is 13.3. The number of carboxylic acid groups (broad SMARTS) is 1. The van der Waals surface area contributed by atoms with Crippen LogP contribution >= 0.6 is 0 Å². The Balaban J connectivity index is 3.09. The van der Waals surface area contributed by atoms with Crippen molar-refractivity contribution in [3.63, 3.8) is 0 Å². The second-order valence-electron chi connectivity index (χ2n) is 5.04. The second-order valence-corrected chi connectivity index (χ2v) is 5.04. The predicted molar refractivity (Wildman–Crippen MR) is 74.4 cm³/mol. The highest BCUT2D eigenvalue weighted by Gasteiger charge is 2.08. The van der Waals surface area contributed by atoms with Crippen molar-refractivity contribution in [2.24, 2.45) is 0 Å². The molecule has 0 spiro atoms. The minimum absolute atomic E-state index is 0.572. The van der Waals surface area contributed by atoms with Crippen LogP contribution in [0.15, 0.2) is 0 Å². The molecule has 0 amide bonds. The molecule has 1 atom stereocenters. The van der Waals surface area contributed by atoms with Gasteiger partial charge in [-0.2, -0.15) is 0 Å². The van der Waals surface area contributed by atoms with Gasteiger partial charge in [-0.25, -0.2) is 0 Å². The van der Waals surface area contributed by atoms with Gasteiger partial charge in [0, 0.05) is 0 Å². The number of aliphatic hydroxyl groups is 1. The fraction of sp³-hybridized carbons (Fsp3) is 0.867. The average Bonchev–Trinajstić information content (AvgIpc) is 2.30. The van der Waals surface area contributed by atoms with Crippen molar-refractivity contribution < 1.29 is 15.0 Å². The minimum Gasteiger partial charge on any atom is -0.481 e. The van der Waals surface area contributed by atoms with Gasteiger partial charge in [-0.15, -0.1) is 0 Å². The minimum atomic E-state index is -1.03. The summed E-state index contributed by atoms with van der Waals surface area (Å²) < 4.78 is 0. The maximum absolute atomic E-state index is 10.3. The van der Waals surface area contributed by atoms with E-state index in [1.54, 1.807) is 0 Å². The molecular formula is C15H29O3. The molecular weight excluding hydrogens is 228 g/mol. The maximum Gasteiger partial charge on any atom is 0.310 e. The van der Waals surface area contributed by atoms with Crippen molar-refractivity contribution in [2.45, 2.75) is 83.7 Å². The summed E-state index contributed by atoms with van der Waals surface area (Å²) in [4.78, 5) is 10.3. The Hall–Kier alpha value is -0.570. The SMILES string of the molecule is CCCCCCCCCCCCC(O)[CH]C(=O)O. The molecule has 18 heavy (non-hydrogen) atoms. The van der Waals surface area contributed by atoms with Crippen molar-refractivity contribution in [1.82, 2.24) is 0 Å². The molecule has 0 aliphatic carbocycles. The average molecular weight is 257 g/mol. The molecule has 1 unspecified atom stereocenters. The third kappa shape index (κ3) is 13.5. The quantitative estimate of drug-likeness (QED) is 0.491. The molecule has 0 bridgehead atoms. The Morgan fingerprint density at radius 2 is 1.39 bits per heavy atom. The van der Waals surface area contributed by atoms with Crippen molar-refractivity contribution in [3.8, 4) is 0 Å². The number of aliphatic hydroxyl groups excluding tert-OH is 1. The number of carboxylic acids is 1. The molecule has 0 aliphatic heterocycles. The summed E-state index contributed by atoms with van der Waals surface area (Å²) in [7, 11) is 0. The molecule has 0 aromatic rings. The Kier molecular flexibility index (Phi) is 12.5. The zero-order valence-corrected chi connectivity index (χ0v) is 11.7. The Morgan fingerprint density at radius 3 is 1.83 bits per heavy atom. The molecule has 0 aromatic heterocycles. The van der Waals surface area contributed by atoms with Gasteiger partial charge < -0.3 is 10.2 Å². The first-order valence-corrected chi connectivity index (χ1v) is 7.42. The normalized spacial score (nSPS) is 12.6. The highest BCUT2D eigenvalue weighted by molar-refractivity contribution is 5.77. The molecule has 3 heteroatoms. The van der Waals surface area contributed by atoms with Crippen LogP contribution in [0.1, 0.15) is 77.6 Å². The van der Waals surface area contributed by atoms with Gasteiger partial charge in [-0.1, -0.05) is 71.1 Å². The zero-order chi connectivity index (χ0) is 13.6. The Morgan fingerprint density at radius 1 is 0.944 bits per heavy atom. The number of rotatable bonds is 13. The van der Waals surface area contributed by atoms with Crippen LogP contribution in [0.25, 0.3) is 0 Å². The molecule has 0 aromatic carbocycles. The number of aliphatic carboxylic acids is 1. The van der Waals surface area contributed by atoms with E-state index in [0.717, 1.165) is 19.3 Å². The lowest BCUT2D eigenvalue weighted by Gasteiger charge is -2.06. The van der Waals surface area contributed by atoms with Gasteiger partial charge in [0.2, 0.25) is 0 Å². The number of hydrogen-bond acceptors (Lipinski definition) is 2. The highest BCUT2D eigenvalue weighted by Crippen LogP contribution is 2.12. The van der Waals surface area contributed by atoms with Crippen LogP contribution in [-0.4, -0.2) is 22.3 Å². The molecule has 1 radical (unpaired) electrons. The van der Waals surface area contributed by atoms with Gasteiger partial charge >= 0.3 is 5.97 Å². The number of carbonyl (C=O) groups is 1. The van der Waals surface area contributed by atoms with Crippen molar-refractivity contribution >= 4 is 5.97 Å². The van der Waals surface area contributed by atoms with Gasteiger partial charge in [0.25, 0.3) is 0 Å². The van der Waals surface area contributed by atoms with Gasteiger partial charge in [-0.05, 0) is 6.42 Å². The lowest BCUT2D eigenvalue weighted by atomic mass is 10.0. The summed E-state index contributed by atoms with van der Waals surface area (Å²) in [6.45, 7) is 2.23.